The summed E-state index contributed by atoms with van der Waals surface area (Å²) >= 11 is 0. The first-order chi connectivity index (χ1) is 7.25. The molecule has 2 heteroatoms. The Hall–Kier alpha value is -1.18. The van der Waals surface area contributed by atoms with Gasteiger partial charge in [-0.05, 0) is 37.3 Å². The van der Waals surface area contributed by atoms with Gasteiger partial charge in [0.1, 0.15) is 5.78 Å². The summed E-state index contributed by atoms with van der Waals surface area (Å²) in [5, 5.41) is 0. The van der Waals surface area contributed by atoms with Crippen molar-refractivity contribution in [2.24, 2.45) is 11.8 Å². The van der Waals surface area contributed by atoms with Crippen molar-refractivity contribution in [3.05, 3.63) is 30.1 Å². The molecule has 0 spiro atoms. The van der Waals surface area contributed by atoms with Crippen molar-refractivity contribution in [2.75, 3.05) is 0 Å². The number of hydrogen-bond acceptors (Lipinski definition) is 2. The van der Waals surface area contributed by atoms with Crippen LogP contribution in [0.5, 0.6) is 0 Å². The fraction of sp³-hybridized carbons (Fsp3) is 0.538. The molecule has 1 heterocycles. The summed E-state index contributed by atoms with van der Waals surface area (Å²) in [7, 11) is 0. The largest absolute Gasteiger partial charge is 0.299 e. The Balaban J connectivity index is 2.01. The molecule has 1 aromatic rings. The fourth-order valence-corrected chi connectivity index (χ4v) is 2.30. The molecular formula is C13H17NO. The number of pyridine rings is 1. The average molecular weight is 203 g/mol. The Kier molecular flexibility index (Phi) is 3.14. The Morgan fingerprint density at radius 2 is 2.33 bits per heavy atom. The number of ketones is 1. The molecule has 15 heavy (non-hydrogen) atoms. The molecule has 1 fully saturated rings. The van der Waals surface area contributed by atoms with Crippen LogP contribution in [0.25, 0.3) is 0 Å². The highest BCUT2D eigenvalue weighted by Crippen LogP contribution is 2.27. The Bertz CT molecular complexity index is 334. The molecule has 0 saturated heterocycles. The van der Waals surface area contributed by atoms with Gasteiger partial charge in [-0.25, -0.2) is 0 Å². The molecule has 80 valence electrons. The van der Waals surface area contributed by atoms with Gasteiger partial charge in [0.25, 0.3) is 0 Å². The summed E-state index contributed by atoms with van der Waals surface area (Å²) in [6.07, 6.45) is 5.49. The van der Waals surface area contributed by atoms with Crippen LogP contribution < -0.4 is 0 Å². The second kappa shape index (κ2) is 4.56. The van der Waals surface area contributed by atoms with Gasteiger partial charge in [-0.3, -0.25) is 9.78 Å². The van der Waals surface area contributed by atoms with Gasteiger partial charge in [0.2, 0.25) is 0 Å². The molecule has 1 saturated carbocycles. The molecule has 0 aliphatic heterocycles. The number of rotatable bonds is 2. The van der Waals surface area contributed by atoms with Crippen molar-refractivity contribution in [3.63, 3.8) is 0 Å². The number of hydrogen-bond donors (Lipinski definition) is 0. The van der Waals surface area contributed by atoms with Crippen molar-refractivity contribution in [1.29, 1.82) is 0 Å². The summed E-state index contributed by atoms with van der Waals surface area (Å²) < 4.78 is 0. The van der Waals surface area contributed by atoms with Crippen LogP contribution in [-0.4, -0.2) is 10.8 Å². The van der Waals surface area contributed by atoms with E-state index in [1.54, 1.807) is 6.20 Å². The van der Waals surface area contributed by atoms with Gasteiger partial charge in [0, 0.05) is 24.2 Å². The van der Waals surface area contributed by atoms with E-state index in [1.807, 2.05) is 18.2 Å². The first kappa shape index (κ1) is 10.3. The maximum absolute atomic E-state index is 11.7. The van der Waals surface area contributed by atoms with E-state index in [1.165, 1.54) is 0 Å². The van der Waals surface area contributed by atoms with E-state index in [4.69, 9.17) is 0 Å². The van der Waals surface area contributed by atoms with Crippen LogP contribution in [0, 0.1) is 11.8 Å². The predicted octanol–water partition coefficient (Wildman–Crippen LogP) is 2.63. The van der Waals surface area contributed by atoms with E-state index in [0.29, 0.717) is 11.7 Å². The SMILES string of the molecule is CC1CCC(=O)C(Cc2ccccn2)C1. The van der Waals surface area contributed by atoms with Gasteiger partial charge in [0.15, 0.2) is 0 Å². The van der Waals surface area contributed by atoms with Crippen molar-refractivity contribution in [1.82, 2.24) is 4.98 Å². The summed E-state index contributed by atoms with van der Waals surface area (Å²) in [5.41, 5.74) is 1.05. The summed E-state index contributed by atoms with van der Waals surface area (Å²) in [6, 6.07) is 5.90. The number of carbonyl (C=O) groups is 1. The van der Waals surface area contributed by atoms with Gasteiger partial charge in [-0.2, -0.15) is 0 Å². The first-order valence-electron chi connectivity index (χ1n) is 5.68. The molecule has 1 aliphatic carbocycles. The quantitative estimate of drug-likeness (QED) is 0.739. The van der Waals surface area contributed by atoms with Crippen LogP contribution >= 0.6 is 0 Å². The van der Waals surface area contributed by atoms with Crippen molar-refractivity contribution < 1.29 is 4.79 Å². The summed E-state index contributed by atoms with van der Waals surface area (Å²) in [4.78, 5) is 16.0. The number of aromatic nitrogens is 1. The molecule has 1 aromatic heterocycles. The number of nitrogens with zero attached hydrogens (tertiary/aromatic N) is 1. The molecule has 2 atom stereocenters. The van der Waals surface area contributed by atoms with Crippen LogP contribution in [0.4, 0.5) is 0 Å². The number of carbonyl (C=O) groups excluding carboxylic acids is 1. The third kappa shape index (κ3) is 2.65. The van der Waals surface area contributed by atoms with Gasteiger partial charge in [-0.15, -0.1) is 0 Å². The topological polar surface area (TPSA) is 30.0 Å². The predicted molar refractivity (Wildman–Crippen MR) is 59.5 cm³/mol. The monoisotopic (exact) mass is 203 g/mol. The van der Waals surface area contributed by atoms with E-state index in [0.717, 1.165) is 31.4 Å². The van der Waals surface area contributed by atoms with E-state index >= 15 is 0 Å². The zero-order chi connectivity index (χ0) is 10.7. The zero-order valence-corrected chi connectivity index (χ0v) is 9.15. The third-order valence-corrected chi connectivity index (χ3v) is 3.21. The van der Waals surface area contributed by atoms with E-state index in [2.05, 4.69) is 11.9 Å². The minimum absolute atomic E-state index is 0.212. The molecule has 1 aliphatic rings. The van der Waals surface area contributed by atoms with Gasteiger partial charge in [-0.1, -0.05) is 13.0 Å². The normalized spacial score (nSPS) is 26.6. The smallest absolute Gasteiger partial charge is 0.136 e. The standard InChI is InChI=1S/C13H17NO/c1-10-5-6-13(15)11(8-10)9-12-4-2-3-7-14-12/h2-4,7,10-11H,5-6,8-9H2,1H3. The zero-order valence-electron chi connectivity index (χ0n) is 9.15. The average Bonchev–Trinajstić information content (AvgIpc) is 2.25. The highest BCUT2D eigenvalue weighted by atomic mass is 16.1. The van der Waals surface area contributed by atoms with Crippen molar-refractivity contribution in [3.8, 4) is 0 Å². The van der Waals surface area contributed by atoms with Crippen LogP contribution in [0.15, 0.2) is 24.4 Å². The second-order valence-corrected chi connectivity index (χ2v) is 4.57. The van der Waals surface area contributed by atoms with E-state index in [-0.39, 0.29) is 5.92 Å². The first-order valence-corrected chi connectivity index (χ1v) is 5.68. The minimum Gasteiger partial charge on any atom is -0.299 e. The summed E-state index contributed by atoms with van der Waals surface area (Å²) in [5.74, 6) is 1.33. The number of Topliss-reactive ketones (excluding diaryl/α,β-unsaturated/α-hetero) is 1. The molecular weight excluding hydrogens is 186 g/mol. The van der Waals surface area contributed by atoms with Crippen LogP contribution in [0.2, 0.25) is 0 Å². The molecule has 0 N–H and O–H groups in total. The maximum atomic E-state index is 11.7. The minimum atomic E-state index is 0.212. The van der Waals surface area contributed by atoms with Crippen molar-refractivity contribution >= 4 is 5.78 Å². The molecule has 0 bridgehead atoms. The Morgan fingerprint density at radius 1 is 1.47 bits per heavy atom. The highest BCUT2D eigenvalue weighted by Gasteiger charge is 2.26. The van der Waals surface area contributed by atoms with Crippen LogP contribution in [0.3, 0.4) is 0 Å². The third-order valence-electron chi connectivity index (χ3n) is 3.21. The van der Waals surface area contributed by atoms with E-state index in [9.17, 15) is 4.79 Å². The molecule has 2 nitrogen and oxygen atoms in total. The molecule has 2 unspecified atom stereocenters. The molecule has 2 rings (SSSR count). The fourth-order valence-electron chi connectivity index (χ4n) is 2.30. The van der Waals surface area contributed by atoms with Crippen LogP contribution in [0.1, 0.15) is 31.9 Å². The molecule has 0 radical (unpaired) electrons. The lowest BCUT2D eigenvalue weighted by Crippen LogP contribution is -2.25. The maximum Gasteiger partial charge on any atom is 0.136 e. The van der Waals surface area contributed by atoms with Crippen LogP contribution in [-0.2, 0) is 11.2 Å². The molecule has 0 amide bonds. The van der Waals surface area contributed by atoms with E-state index < -0.39 is 0 Å². The van der Waals surface area contributed by atoms with Gasteiger partial charge >= 0.3 is 0 Å². The lowest BCUT2D eigenvalue weighted by Gasteiger charge is -2.25. The summed E-state index contributed by atoms with van der Waals surface area (Å²) in [6.45, 7) is 2.23. The lowest BCUT2D eigenvalue weighted by molar-refractivity contribution is -0.125. The highest BCUT2D eigenvalue weighted by molar-refractivity contribution is 5.81. The Labute approximate surface area is 90.7 Å². The Morgan fingerprint density at radius 3 is 3.07 bits per heavy atom. The lowest BCUT2D eigenvalue weighted by atomic mass is 9.79. The van der Waals surface area contributed by atoms with Gasteiger partial charge in [0.05, 0.1) is 0 Å². The van der Waals surface area contributed by atoms with Crippen molar-refractivity contribution in [2.45, 2.75) is 32.6 Å². The molecule has 0 aromatic carbocycles. The van der Waals surface area contributed by atoms with Gasteiger partial charge < -0.3 is 0 Å². The second-order valence-electron chi connectivity index (χ2n) is 4.57.